The predicted octanol–water partition coefficient (Wildman–Crippen LogP) is 5.49. The van der Waals surface area contributed by atoms with E-state index in [1.165, 1.54) is 18.3 Å². The fourth-order valence-electron chi connectivity index (χ4n) is 3.89. The molecule has 3 rings (SSSR count). The van der Waals surface area contributed by atoms with Crippen molar-refractivity contribution in [2.45, 2.75) is 32.0 Å². The molecule has 0 bridgehead atoms. The van der Waals surface area contributed by atoms with Gasteiger partial charge in [0.1, 0.15) is 17.6 Å². The molecule has 0 unspecified atom stereocenters. The first-order valence-electron chi connectivity index (χ1n) is 11.6. The minimum atomic E-state index is -4.49. The summed E-state index contributed by atoms with van der Waals surface area (Å²) in [6.45, 7) is 2.72. The zero-order chi connectivity index (χ0) is 26.1. The number of nitrogens with zero attached hydrogens (tertiary/aromatic N) is 2. The second-order valence-corrected chi connectivity index (χ2v) is 8.38. The van der Waals surface area contributed by atoms with Gasteiger partial charge < -0.3 is 15.0 Å². The van der Waals surface area contributed by atoms with Crippen LogP contribution in [0.5, 0.6) is 0 Å². The third kappa shape index (κ3) is 7.27. The van der Waals surface area contributed by atoms with Gasteiger partial charge in [-0.3, -0.25) is 9.78 Å². The van der Waals surface area contributed by atoms with Crippen LogP contribution in [-0.2, 0) is 22.1 Å². The van der Waals surface area contributed by atoms with Crippen LogP contribution in [0.4, 0.5) is 23.2 Å². The van der Waals surface area contributed by atoms with Gasteiger partial charge in [-0.2, -0.15) is 13.2 Å². The number of carbonyl (C=O) groups is 1. The number of carbonyl (C=O) groups excluding carboxylic acids is 1. The van der Waals surface area contributed by atoms with Crippen molar-refractivity contribution in [1.29, 1.82) is 0 Å². The number of rotatable bonds is 11. The highest BCUT2D eigenvalue weighted by molar-refractivity contribution is 5.86. The summed E-state index contributed by atoms with van der Waals surface area (Å²) in [5, 5.41) is 2.89. The second-order valence-electron chi connectivity index (χ2n) is 8.38. The SMILES string of the molecule is COCCNC(=O)[C@@H](c1ccccc1)N(CCCc1ccc(C(F)(F)F)nc1)c1ccc(F)c(C)c1. The third-order valence-corrected chi connectivity index (χ3v) is 5.73. The Morgan fingerprint density at radius 3 is 2.47 bits per heavy atom. The molecule has 1 amide bonds. The van der Waals surface area contributed by atoms with Gasteiger partial charge in [0.05, 0.1) is 6.61 Å². The van der Waals surface area contributed by atoms with Crippen LogP contribution in [0, 0.1) is 12.7 Å². The highest BCUT2D eigenvalue weighted by Gasteiger charge is 2.32. The number of benzene rings is 2. The zero-order valence-electron chi connectivity index (χ0n) is 20.2. The van der Waals surface area contributed by atoms with Gasteiger partial charge in [-0.1, -0.05) is 36.4 Å². The van der Waals surface area contributed by atoms with Crippen LogP contribution < -0.4 is 10.2 Å². The average molecular weight is 504 g/mol. The molecule has 0 saturated carbocycles. The summed E-state index contributed by atoms with van der Waals surface area (Å²) in [6.07, 6.45) is -2.29. The lowest BCUT2D eigenvalue weighted by Crippen LogP contribution is -2.42. The molecule has 0 fully saturated rings. The zero-order valence-corrected chi connectivity index (χ0v) is 20.2. The van der Waals surface area contributed by atoms with Gasteiger partial charge in [0.2, 0.25) is 5.91 Å². The quantitative estimate of drug-likeness (QED) is 0.278. The number of aromatic nitrogens is 1. The van der Waals surface area contributed by atoms with Crippen molar-refractivity contribution in [1.82, 2.24) is 10.3 Å². The summed E-state index contributed by atoms with van der Waals surface area (Å²) in [6, 6.07) is 15.6. The molecule has 2 aromatic carbocycles. The number of methoxy groups -OCH3 is 1. The van der Waals surface area contributed by atoms with Crippen LogP contribution in [0.25, 0.3) is 0 Å². The van der Waals surface area contributed by atoms with Crippen LogP contribution in [0.1, 0.15) is 34.8 Å². The molecule has 1 N–H and O–H groups in total. The van der Waals surface area contributed by atoms with Crippen LogP contribution in [0.15, 0.2) is 66.9 Å². The topological polar surface area (TPSA) is 54.5 Å². The Labute approximate surface area is 208 Å². The van der Waals surface area contributed by atoms with Crippen molar-refractivity contribution in [3.63, 3.8) is 0 Å². The Balaban J connectivity index is 1.88. The van der Waals surface area contributed by atoms with Crippen molar-refractivity contribution in [2.24, 2.45) is 0 Å². The number of nitrogens with one attached hydrogen (secondary N) is 1. The van der Waals surface area contributed by atoms with Crippen molar-refractivity contribution in [2.75, 3.05) is 31.7 Å². The Morgan fingerprint density at radius 2 is 1.86 bits per heavy atom. The van der Waals surface area contributed by atoms with Crippen molar-refractivity contribution in [3.05, 3.63) is 95.1 Å². The Hall–Kier alpha value is -3.46. The number of pyridine rings is 1. The molecular formula is C27H29F4N3O2. The van der Waals surface area contributed by atoms with E-state index in [1.807, 2.05) is 35.2 Å². The maximum atomic E-state index is 14.0. The number of halogens is 4. The number of hydrogen-bond donors (Lipinski definition) is 1. The van der Waals surface area contributed by atoms with E-state index in [9.17, 15) is 22.4 Å². The lowest BCUT2D eigenvalue weighted by atomic mass is 10.0. The number of aryl methyl sites for hydroxylation is 2. The first-order chi connectivity index (χ1) is 17.2. The number of ether oxygens (including phenoxy) is 1. The van der Waals surface area contributed by atoms with E-state index in [4.69, 9.17) is 4.74 Å². The van der Waals surface area contributed by atoms with Crippen LogP contribution >= 0.6 is 0 Å². The summed E-state index contributed by atoms with van der Waals surface area (Å²) >= 11 is 0. The number of anilines is 1. The minimum Gasteiger partial charge on any atom is -0.383 e. The van der Waals surface area contributed by atoms with Gasteiger partial charge in [-0.05, 0) is 60.7 Å². The van der Waals surface area contributed by atoms with E-state index in [0.717, 1.165) is 11.6 Å². The fraction of sp³-hybridized carbons (Fsp3) is 0.333. The Kier molecular flexibility index (Phi) is 9.41. The molecule has 5 nitrogen and oxygen atoms in total. The molecule has 0 aliphatic rings. The maximum absolute atomic E-state index is 14.0. The van der Waals surface area contributed by atoms with Crippen LogP contribution in [0.2, 0.25) is 0 Å². The van der Waals surface area contributed by atoms with Crippen molar-refractivity contribution in [3.8, 4) is 0 Å². The van der Waals surface area contributed by atoms with Gasteiger partial charge in [-0.25, -0.2) is 4.39 Å². The smallest absolute Gasteiger partial charge is 0.383 e. The Morgan fingerprint density at radius 1 is 1.11 bits per heavy atom. The van der Waals surface area contributed by atoms with Gasteiger partial charge in [0.15, 0.2) is 0 Å². The predicted molar refractivity (Wildman–Crippen MR) is 130 cm³/mol. The van der Waals surface area contributed by atoms with Crippen molar-refractivity contribution >= 4 is 11.6 Å². The summed E-state index contributed by atoms with van der Waals surface area (Å²) in [5.41, 5.74) is 1.57. The first kappa shape index (κ1) is 27.1. The van der Waals surface area contributed by atoms with Crippen LogP contribution in [0.3, 0.4) is 0 Å². The fourth-order valence-corrected chi connectivity index (χ4v) is 3.89. The molecule has 1 heterocycles. The van der Waals surface area contributed by atoms with Gasteiger partial charge in [0, 0.05) is 32.1 Å². The summed E-state index contributed by atoms with van der Waals surface area (Å²) in [4.78, 5) is 18.8. The van der Waals surface area contributed by atoms with E-state index in [-0.39, 0.29) is 11.7 Å². The van der Waals surface area contributed by atoms with Gasteiger partial charge in [-0.15, -0.1) is 0 Å². The molecule has 0 aliphatic carbocycles. The summed E-state index contributed by atoms with van der Waals surface area (Å²) in [5.74, 6) is -0.591. The van der Waals surface area contributed by atoms with E-state index < -0.39 is 17.9 Å². The average Bonchev–Trinajstić information content (AvgIpc) is 2.85. The number of alkyl halides is 3. The van der Waals surface area contributed by atoms with E-state index >= 15 is 0 Å². The van der Waals surface area contributed by atoms with E-state index in [1.54, 1.807) is 26.2 Å². The highest BCUT2D eigenvalue weighted by Crippen LogP contribution is 2.30. The second kappa shape index (κ2) is 12.5. The minimum absolute atomic E-state index is 0.239. The normalized spacial score (nSPS) is 12.3. The largest absolute Gasteiger partial charge is 0.433 e. The lowest BCUT2D eigenvalue weighted by Gasteiger charge is -2.33. The third-order valence-electron chi connectivity index (χ3n) is 5.73. The molecular weight excluding hydrogens is 474 g/mol. The molecule has 0 radical (unpaired) electrons. The first-order valence-corrected chi connectivity index (χ1v) is 11.6. The molecule has 0 spiro atoms. The summed E-state index contributed by atoms with van der Waals surface area (Å²) in [7, 11) is 1.55. The van der Waals surface area contributed by atoms with Crippen LogP contribution in [-0.4, -0.2) is 37.7 Å². The lowest BCUT2D eigenvalue weighted by molar-refractivity contribution is -0.141. The van der Waals surface area contributed by atoms with Gasteiger partial charge >= 0.3 is 6.18 Å². The monoisotopic (exact) mass is 503 g/mol. The number of amides is 1. The van der Waals surface area contributed by atoms with Gasteiger partial charge in [0.25, 0.3) is 0 Å². The molecule has 36 heavy (non-hydrogen) atoms. The van der Waals surface area contributed by atoms with E-state index in [0.29, 0.717) is 49.4 Å². The van der Waals surface area contributed by atoms with Crippen molar-refractivity contribution < 1.29 is 27.1 Å². The molecule has 1 aromatic heterocycles. The Bertz CT molecular complexity index is 1120. The molecule has 192 valence electrons. The molecule has 0 aliphatic heterocycles. The molecule has 9 heteroatoms. The molecule has 1 atom stereocenters. The highest BCUT2D eigenvalue weighted by atomic mass is 19.4. The summed E-state index contributed by atoms with van der Waals surface area (Å²) < 4.78 is 57.6. The number of hydrogen-bond acceptors (Lipinski definition) is 4. The molecule has 0 saturated heterocycles. The van der Waals surface area contributed by atoms with E-state index in [2.05, 4.69) is 10.3 Å². The standard InChI is InChI=1S/C27H29F4N3O2/c1-19-17-22(11-12-23(19)28)34(15-6-7-20-10-13-24(33-18-20)27(29,30)31)25(21-8-4-3-5-9-21)26(35)32-14-16-36-2/h3-5,8-13,17-18,25H,6-7,14-16H2,1-2H3,(H,32,35)/t25-/m1/s1. The maximum Gasteiger partial charge on any atom is 0.433 e. The molecule has 3 aromatic rings.